The Morgan fingerprint density at radius 3 is 2.74 bits per heavy atom. The molecule has 0 radical (unpaired) electrons. The summed E-state index contributed by atoms with van der Waals surface area (Å²) in [6, 6.07) is 9.64. The van der Waals surface area contributed by atoms with Gasteiger partial charge in [0.15, 0.2) is 0 Å². The van der Waals surface area contributed by atoms with Crippen LogP contribution in [-0.2, 0) is 11.3 Å². The third-order valence-corrected chi connectivity index (χ3v) is 4.15. The third kappa shape index (κ3) is 6.00. The Balaban J connectivity index is 1.75. The molecule has 5 nitrogen and oxygen atoms in total. The van der Waals surface area contributed by atoms with Gasteiger partial charge in [0, 0.05) is 11.6 Å². The molecule has 2 aromatic rings. The molecule has 124 valence electrons. The second-order valence-corrected chi connectivity index (χ2v) is 6.98. The first-order valence-corrected chi connectivity index (χ1v) is 8.44. The zero-order chi connectivity index (χ0) is 16.7. The predicted molar refractivity (Wildman–Crippen MR) is 92.4 cm³/mol. The lowest BCUT2D eigenvalue weighted by molar-refractivity contribution is 0.0742. The molecule has 2 N–H and O–H groups in total. The number of nitrogens with one attached hydrogen (secondary N) is 2. The minimum Gasteiger partial charge on any atom is -0.374 e. The molecule has 1 aromatic carbocycles. The van der Waals surface area contributed by atoms with Crippen molar-refractivity contribution in [3.63, 3.8) is 0 Å². The summed E-state index contributed by atoms with van der Waals surface area (Å²) in [7, 11) is 0. The number of hydrogen-bond donors (Lipinski definition) is 2. The van der Waals surface area contributed by atoms with Crippen molar-refractivity contribution in [3.8, 4) is 0 Å². The Bertz CT molecular complexity index is 600. The molecule has 1 aromatic heterocycles. The minimum absolute atomic E-state index is 0.115. The van der Waals surface area contributed by atoms with Crippen molar-refractivity contribution < 1.29 is 9.53 Å². The van der Waals surface area contributed by atoms with Crippen LogP contribution in [0.5, 0.6) is 0 Å². The maximum absolute atomic E-state index is 12.1. The van der Waals surface area contributed by atoms with E-state index in [0.29, 0.717) is 13.2 Å². The van der Waals surface area contributed by atoms with Crippen LogP contribution in [0.3, 0.4) is 0 Å². The number of ether oxygens (including phenoxy) is 1. The fourth-order valence-electron chi connectivity index (χ4n) is 2.08. The molecule has 0 unspecified atom stereocenters. The van der Waals surface area contributed by atoms with Crippen LogP contribution in [0.4, 0.5) is 4.79 Å². The van der Waals surface area contributed by atoms with Gasteiger partial charge in [-0.1, -0.05) is 30.3 Å². The quantitative estimate of drug-likeness (QED) is 0.815. The van der Waals surface area contributed by atoms with E-state index in [4.69, 9.17) is 4.74 Å². The molecule has 23 heavy (non-hydrogen) atoms. The maximum Gasteiger partial charge on any atom is 0.315 e. The summed E-state index contributed by atoms with van der Waals surface area (Å²) < 4.78 is 5.71. The average Bonchev–Trinajstić information content (AvgIpc) is 3.01. The molecule has 0 spiro atoms. The molecule has 1 atom stereocenters. The standard InChI is InChI=1S/C17H23N3O2S/c1-13(15-18-9-10-23-15)19-16(21)20-17(2,3)12-22-11-14-7-5-4-6-8-14/h4-10,13H,11-12H2,1-3H3,(H2,19,20,21)/t13-/m1/s1. The van der Waals surface area contributed by atoms with Gasteiger partial charge in [0.2, 0.25) is 0 Å². The highest BCUT2D eigenvalue weighted by atomic mass is 32.1. The molecule has 1 heterocycles. The molecule has 0 aliphatic carbocycles. The summed E-state index contributed by atoms with van der Waals surface area (Å²) >= 11 is 1.52. The lowest BCUT2D eigenvalue weighted by Gasteiger charge is -2.27. The van der Waals surface area contributed by atoms with Crippen LogP contribution < -0.4 is 10.6 Å². The second-order valence-electron chi connectivity index (χ2n) is 6.05. The lowest BCUT2D eigenvalue weighted by atomic mass is 10.1. The Kier molecular flexibility index (Phi) is 6.12. The molecule has 2 amide bonds. The molecule has 0 bridgehead atoms. The van der Waals surface area contributed by atoms with Crippen molar-refractivity contribution in [1.29, 1.82) is 0 Å². The SMILES string of the molecule is C[C@@H](NC(=O)NC(C)(C)COCc1ccccc1)c1nccs1. The number of nitrogens with zero attached hydrogens (tertiary/aromatic N) is 1. The molecule has 0 aliphatic rings. The van der Waals surface area contributed by atoms with E-state index < -0.39 is 5.54 Å². The van der Waals surface area contributed by atoms with Gasteiger partial charge < -0.3 is 15.4 Å². The van der Waals surface area contributed by atoms with E-state index >= 15 is 0 Å². The lowest BCUT2D eigenvalue weighted by Crippen LogP contribution is -2.51. The first-order valence-electron chi connectivity index (χ1n) is 7.56. The number of benzene rings is 1. The molecular weight excluding hydrogens is 310 g/mol. The zero-order valence-electron chi connectivity index (χ0n) is 13.7. The van der Waals surface area contributed by atoms with Crippen LogP contribution >= 0.6 is 11.3 Å². The molecule has 0 aliphatic heterocycles. The van der Waals surface area contributed by atoms with E-state index in [0.717, 1.165) is 10.6 Å². The average molecular weight is 333 g/mol. The number of urea groups is 1. The van der Waals surface area contributed by atoms with E-state index in [-0.39, 0.29) is 12.1 Å². The van der Waals surface area contributed by atoms with Gasteiger partial charge in [0.05, 0.1) is 24.8 Å². The summed E-state index contributed by atoms with van der Waals surface area (Å²) in [6.45, 7) is 6.75. The minimum atomic E-state index is -0.457. The summed E-state index contributed by atoms with van der Waals surface area (Å²) in [6.07, 6.45) is 1.73. The van der Waals surface area contributed by atoms with Crippen LogP contribution in [0.15, 0.2) is 41.9 Å². The molecule has 2 rings (SSSR count). The number of amides is 2. The van der Waals surface area contributed by atoms with Crippen molar-refractivity contribution in [2.45, 2.75) is 39.0 Å². The van der Waals surface area contributed by atoms with Gasteiger partial charge in [0.25, 0.3) is 0 Å². The van der Waals surface area contributed by atoms with Gasteiger partial charge in [0.1, 0.15) is 5.01 Å². The van der Waals surface area contributed by atoms with Crippen molar-refractivity contribution in [2.75, 3.05) is 6.61 Å². The highest BCUT2D eigenvalue weighted by Gasteiger charge is 2.22. The number of thiazole rings is 1. The van der Waals surface area contributed by atoms with E-state index in [1.54, 1.807) is 6.20 Å². The van der Waals surface area contributed by atoms with Crippen molar-refractivity contribution >= 4 is 17.4 Å². The summed E-state index contributed by atoms with van der Waals surface area (Å²) in [5.74, 6) is 0. The zero-order valence-corrected chi connectivity index (χ0v) is 14.5. The summed E-state index contributed by atoms with van der Waals surface area (Å²) in [4.78, 5) is 16.3. The van der Waals surface area contributed by atoms with Gasteiger partial charge in [-0.25, -0.2) is 9.78 Å². The molecule has 0 saturated heterocycles. The van der Waals surface area contributed by atoms with Crippen molar-refractivity contribution in [2.24, 2.45) is 0 Å². The Morgan fingerprint density at radius 2 is 2.09 bits per heavy atom. The molecule has 0 saturated carbocycles. The monoisotopic (exact) mass is 333 g/mol. The first-order chi connectivity index (χ1) is 11.0. The maximum atomic E-state index is 12.1. The van der Waals surface area contributed by atoms with E-state index in [1.165, 1.54) is 11.3 Å². The van der Waals surface area contributed by atoms with Gasteiger partial charge in [-0.2, -0.15) is 0 Å². The molecular formula is C17H23N3O2S. The van der Waals surface area contributed by atoms with Crippen molar-refractivity contribution in [1.82, 2.24) is 15.6 Å². The number of rotatable bonds is 7. The number of carbonyl (C=O) groups excluding carboxylic acids is 1. The number of carbonyl (C=O) groups is 1. The Hall–Kier alpha value is -1.92. The fourth-order valence-corrected chi connectivity index (χ4v) is 2.73. The van der Waals surface area contributed by atoms with E-state index in [2.05, 4.69) is 15.6 Å². The van der Waals surface area contributed by atoms with Crippen LogP contribution in [0.2, 0.25) is 0 Å². The van der Waals surface area contributed by atoms with Gasteiger partial charge in [-0.15, -0.1) is 11.3 Å². The van der Waals surface area contributed by atoms with E-state index in [9.17, 15) is 4.79 Å². The summed E-state index contributed by atoms with van der Waals surface area (Å²) in [5, 5.41) is 8.61. The van der Waals surface area contributed by atoms with Crippen LogP contribution in [-0.4, -0.2) is 23.2 Å². The highest BCUT2D eigenvalue weighted by molar-refractivity contribution is 7.09. The second kappa shape index (κ2) is 8.08. The van der Waals surface area contributed by atoms with Gasteiger partial charge >= 0.3 is 6.03 Å². The number of aromatic nitrogens is 1. The van der Waals surface area contributed by atoms with E-state index in [1.807, 2.05) is 56.5 Å². The number of hydrogen-bond acceptors (Lipinski definition) is 4. The Morgan fingerprint density at radius 1 is 1.35 bits per heavy atom. The van der Waals surface area contributed by atoms with Crippen LogP contribution in [0, 0.1) is 0 Å². The third-order valence-electron chi connectivity index (χ3n) is 3.20. The first kappa shape index (κ1) is 17.4. The highest BCUT2D eigenvalue weighted by Crippen LogP contribution is 2.14. The predicted octanol–water partition coefficient (Wildman–Crippen LogP) is 3.50. The molecule has 0 fully saturated rings. The largest absolute Gasteiger partial charge is 0.374 e. The van der Waals surface area contributed by atoms with Crippen LogP contribution in [0.25, 0.3) is 0 Å². The van der Waals surface area contributed by atoms with Crippen molar-refractivity contribution in [3.05, 3.63) is 52.5 Å². The van der Waals surface area contributed by atoms with Crippen LogP contribution in [0.1, 0.15) is 37.4 Å². The summed E-state index contributed by atoms with van der Waals surface area (Å²) in [5.41, 5.74) is 0.659. The van der Waals surface area contributed by atoms with Gasteiger partial charge in [-0.3, -0.25) is 0 Å². The topological polar surface area (TPSA) is 63.2 Å². The fraction of sp³-hybridized carbons (Fsp3) is 0.412. The normalized spacial score (nSPS) is 12.7. The Labute approximate surface area is 141 Å². The molecule has 6 heteroatoms. The van der Waals surface area contributed by atoms with Gasteiger partial charge in [-0.05, 0) is 26.3 Å². The smallest absolute Gasteiger partial charge is 0.315 e.